The average Bonchev–Trinajstić information content (AvgIpc) is 2.32. The van der Waals surface area contributed by atoms with Crippen LogP contribution < -0.4 is 11.3 Å². The minimum absolute atomic E-state index is 0.406. The molecule has 1 aromatic carbocycles. The van der Waals surface area contributed by atoms with Gasteiger partial charge in [-0.15, -0.1) is 0 Å². The fourth-order valence-electron chi connectivity index (χ4n) is 1.28. The summed E-state index contributed by atoms with van der Waals surface area (Å²) in [6.07, 6.45) is 1.68. The lowest BCUT2D eigenvalue weighted by atomic mass is 10.2. The van der Waals surface area contributed by atoms with Crippen molar-refractivity contribution in [2.45, 2.75) is 16.8 Å². The summed E-state index contributed by atoms with van der Waals surface area (Å²) < 4.78 is 0.850. The van der Waals surface area contributed by atoms with Crippen molar-refractivity contribution < 1.29 is 0 Å². The molecule has 0 saturated carbocycles. The van der Waals surface area contributed by atoms with Gasteiger partial charge in [0.05, 0.1) is 4.47 Å². The second-order valence-electron chi connectivity index (χ2n) is 3.41. The van der Waals surface area contributed by atoms with Crippen LogP contribution in [0.15, 0.2) is 44.9 Å². The predicted molar refractivity (Wildman–Crippen MR) is 72.8 cm³/mol. The number of nitrogens with one attached hydrogen (secondary N) is 1. The number of hydrogen-bond donors (Lipinski definition) is 2. The molecule has 4 nitrogen and oxygen atoms in total. The zero-order chi connectivity index (χ0) is 12.3. The van der Waals surface area contributed by atoms with Crippen molar-refractivity contribution in [3.05, 3.63) is 40.5 Å². The molecule has 1 heterocycles. The summed E-state index contributed by atoms with van der Waals surface area (Å²) in [4.78, 5) is 9.43. The van der Waals surface area contributed by atoms with E-state index in [2.05, 4.69) is 50.4 Å². The van der Waals surface area contributed by atoms with E-state index in [-0.39, 0.29) is 0 Å². The van der Waals surface area contributed by atoms with Gasteiger partial charge >= 0.3 is 0 Å². The van der Waals surface area contributed by atoms with Crippen LogP contribution in [0.25, 0.3) is 0 Å². The topological polar surface area (TPSA) is 63.8 Å². The van der Waals surface area contributed by atoms with Crippen LogP contribution >= 0.6 is 27.7 Å². The summed E-state index contributed by atoms with van der Waals surface area (Å²) >= 11 is 4.99. The van der Waals surface area contributed by atoms with Crippen LogP contribution in [-0.4, -0.2) is 9.97 Å². The van der Waals surface area contributed by atoms with Gasteiger partial charge in [0, 0.05) is 11.1 Å². The Morgan fingerprint density at radius 3 is 2.94 bits per heavy atom. The van der Waals surface area contributed by atoms with E-state index in [4.69, 9.17) is 5.84 Å². The predicted octanol–water partition coefficient (Wildman–Crippen LogP) is 2.98. The molecule has 6 heteroatoms. The Balaban J connectivity index is 2.29. The molecule has 0 radical (unpaired) electrons. The normalized spacial score (nSPS) is 10.3. The summed E-state index contributed by atoms with van der Waals surface area (Å²) in [5.74, 6) is 5.69. The number of benzene rings is 1. The second kappa shape index (κ2) is 5.48. The zero-order valence-electron chi connectivity index (χ0n) is 9.14. The first-order valence-electron chi connectivity index (χ1n) is 4.92. The molecule has 1 aromatic heterocycles. The third-order valence-corrected chi connectivity index (χ3v) is 3.88. The molecule has 0 bridgehead atoms. The van der Waals surface area contributed by atoms with Gasteiger partial charge < -0.3 is 0 Å². The highest BCUT2D eigenvalue weighted by Gasteiger charge is 2.06. The van der Waals surface area contributed by atoms with E-state index in [9.17, 15) is 0 Å². The Labute approximate surface area is 112 Å². The van der Waals surface area contributed by atoms with Gasteiger partial charge in [-0.25, -0.2) is 15.8 Å². The van der Waals surface area contributed by atoms with Crippen molar-refractivity contribution in [1.29, 1.82) is 0 Å². The number of aromatic nitrogens is 2. The number of halogens is 1. The first-order valence-corrected chi connectivity index (χ1v) is 6.53. The van der Waals surface area contributed by atoms with E-state index >= 15 is 0 Å². The van der Waals surface area contributed by atoms with Gasteiger partial charge in [0.25, 0.3) is 0 Å². The van der Waals surface area contributed by atoms with E-state index in [0.717, 1.165) is 14.4 Å². The number of rotatable bonds is 3. The molecule has 3 N–H and O–H groups in total. The van der Waals surface area contributed by atoms with Crippen molar-refractivity contribution in [1.82, 2.24) is 9.97 Å². The van der Waals surface area contributed by atoms with Crippen molar-refractivity contribution in [3.63, 3.8) is 0 Å². The first kappa shape index (κ1) is 12.3. The summed E-state index contributed by atoms with van der Waals surface area (Å²) in [5.41, 5.74) is 3.66. The zero-order valence-corrected chi connectivity index (χ0v) is 11.5. The second-order valence-corrected chi connectivity index (χ2v) is 5.33. The highest BCUT2D eigenvalue weighted by Crippen LogP contribution is 2.32. The molecule has 0 unspecified atom stereocenters. The van der Waals surface area contributed by atoms with Gasteiger partial charge in [-0.3, -0.25) is 5.43 Å². The number of hydrazine groups is 1. The third-order valence-electron chi connectivity index (χ3n) is 2.05. The monoisotopic (exact) mass is 310 g/mol. The van der Waals surface area contributed by atoms with Crippen LogP contribution in [0.4, 0.5) is 5.95 Å². The quantitative estimate of drug-likeness (QED) is 0.518. The van der Waals surface area contributed by atoms with E-state index in [0.29, 0.717) is 5.95 Å². The fourth-order valence-corrected chi connectivity index (χ4v) is 2.61. The van der Waals surface area contributed by atoms with E-state index in [1.807, 2.05) is 12.1 Å². The minimum Gasteiger partial charge on any atom is -0.292 e. The summed E-state index contributed by atoms with van der Waals surface area (Å²) in [7, 11) is 0. The van der Waals surface area contributed by atoms with Crippen LogP contribution in [0.1, 0.15) is 5.56 Å². The van der Waals surface area contributed by atoms with Gasteiger partial charge in [-0.2, -0.15) is 0 Å². The maximum Gasteiger partial charge on any atom is 0.238 e. The van der Waals surface area contributed by atoms with Crippen molar-refractivity contribution in [2.24, 2.45) is 5.84 Å². The molecule has 0 aliphatic rings. The van der Waals surface area contributed by atoms with E-state index < -0.39 is 0 Å². The number of hydrogen-bond acceptors (Lipinski definition) is 5. The van der Waals surface area contributed by atoms with Gasteiger partial charge in [0.15, 0.2) is 0 Å². The summed E-state index contributed by atoms with van der Waals surface area (Å²) in [5, 5.41) is 0.832. The van der Waals surface area contributed by atoms with Crippen LogP contribution in [0.3, 0.4) is 0 Å². The number of nitrogen functional groups attached to an aromatic ring is 1. The minimum atomic E-state index is 0.406. The Bertz CT molecular complexity index is 533. The molecule has 0 amide bonds. The molecule has 17 heavy (non-hydrogen) atoms. The maximum atomic E-state index is 5.29. The van der Waals surface area contributed by atoms with Crippen LogP contribution in [0, 0.1) is 6.92 Å². The lowest BCUT2D eigenvalue weighted by Gasteiger charge is -2.05. The number of nitrogens with zero attached hydrogens (tertiary/aromatic N) is 2. The Kier molecular flexibility index (Phi) is 3.98. The number of nitrogens with two attached hydrogens (primary N) is 1. The van der Waals surface area contributed by atoms with Crippen LogP contribution in [0.5, 0.6) is 0 Å². The highest BCUT2D eigenvalue weighted by atomic mass is 79.9. The lowest BCUT2D eigenvalue weighted by molar-refractivity contribution is 1.01. The summed E-state index contributed by atoms with van der Waals surface area (Å²) in [6.45, 7) is 2.06. The highest BCUT2D eigenvalue weighted by molar-refractivity contribution is 9.10. The van der Waals surface area contributed by atoms with Gasteiger partial charge in [-0.05, 0) is 35.0 Å². The van der Waals surface area contributed by atoms with Crippen LogP contribution in [0.2, 0.25) is 0 Å². The van der Waals surface area contributed by atoms with Gasteiger partial charge in [0.1, 0.15) is 5.03 Å². The van der Waals surface area contributed by atoms with Gasteiger partial charge in [0.2, 0.25) is 5.95 Å². The SMILES string of the molecule is Cc1cccc(Sc2nc(NN)ncc2Br)c1. The molecule has 0 saturated heterocycles. The molecule has 88 valence electrons. The molecule has 2 aromatic rings. The average molecular weight is 311 g/mol. The van der Waals surface area contributed by atoms with E-state index in [1.165, 1.54) is 5.56 Å². The third kappa shape index (κ3) is 3.18. The standard InChI is InChI=1S/C11H11BrN4S/c1-7-3-2-4-8(5-7)17-10-9(12)6-14-11(15-10)16-13/h2-6H,13H2,1H3,(H,14,15,16). The van der Waals surface area contributed by atoms with Crippen molar-refractivity contribution in [3.8, 4) is 0 Å². The molecular weight excluding hydrogens is 300 g/mol. The number of aryl methyl sites for hydroxylation is 1. The first-order chi connectivity index (χ1) is 8.19. The largest absolute Gasteiger partial charge is 0.292 e. The van der Waals surface area contributed by atoms with E-state index in [1.54, 1.807) is 18.0 Å². The Hall–Kier alpha value is -1.11. The molecular formula is C11H11BrN4S. The molecule has 2 rings (SSSR count). The molecule has 0 fully saturated rings. The van der Waals surface area contributed by atoms with Crippen molar-refractivity contribution in [2.75, 3.05) is 5.43 Å². The molecule has 0 aliphatic heterocycles. The number of anilines is 1. The Morgan fingerprint density at radius 1 is 1.41 bits per heavy atom. The molecule has 0 aliphatic carbocycles. The lowest BCUT2D eigenvalue weighted by Crippen LogP contribution is -2.10. The van der Waals surface area contributed by atoms with Crippen LogP contribution in [-0.2, 0) is 0 Å². The molecule has 0 spiro atoms. The Morgan fingerprint density at radius 2 is 2.24 bits per heavy atom. The van der Waals surface area contributed by atoms with Gasteiger partial charge in [-0.1, -0.05) is 29.5 Å². The molecule has 0 atom stereocenters. The van der Waals surface area contributed by atoms with Crippen molar-refractivity contribution >= 4 is 33.6 Å². The summed E-state index contributed by atoms with van der Waals surface area (Å²) in [6, 6.07) is 8.23. The maximum absolute atomic E-state index is 5.29. The smallest absolute Gasteiger partial charge is 0.238 e. The fraction of sp³-hybridized carbons (Fsp3) is 0.0909.